The van der Waals surface area contributed by atoms with Crippen LogP contribution >= 0.6 is 12.4 Å². The smallest absolute Gasteiger partial charge is 0.243 e. The zero-order valence-electron chi connectivity index (χ0n) is 11.3. The van der Waals surface area contributed by atoms with Crippen molar-refractivity contribution in [3.63, 3.8) is 0 Å². The van der Waals surface area contributed by atoms with E-state index in [1.54, 1.807) is 19.2 Å². The summed E-state index contributed by atoms with van der Waals surface area (Å²) in [5, 5.41) is 3.19. The van der Waals surface area contributed by atoms with Crippen LogP contribution in [0.1, 0.15) is 18.9 Å². The zero-order valence-corrected chi connectivity index (χ0v) is 12.9. The van der Waals surface area contributed by atoms with E-state index in [1.807, 2.05) is 19.1 Å². The van der Waals surface area contributed by atoms with Crippen LogP contribution < -0.4 is 5.32 Å². The summed E-state index contributed by atoms with van der Waals surface area (Å²) in [5.74, 6) is 0. The molecule has 0 radical (unpaired) electrons. The number of hydrogen-bond acceptors (Lipinski definition) is 3. The van der Waals surface area contributed by atoms with E-state index < -0.39 is 10.0 Å². The van der Waals surface area contributed by atoms with E-state index in [9.17, 15) is 8.42 Å². The Morgan fingerprint density at radius 2 is 2.16 bits per heavy atom. The highest BCUT2D eigenvalue weighted by Gasteiger charge is 2.29. The number of likely N-dealkylation sites (N-methyl/N-ethyl adjacent to an activating group) is 1. The Hall–Kier alpha value is -0.620. The topological polar surface area (TPSA) is 49.4 Å². The van der Waals surface area contributed by atoms with Gasteiger partial charge in [0, 0.05) is 19.6 Å². The lowest BCUT2D eigenvalue weighted by Crippen LogP contribution is -2.38. The summed E-state index contributed by atoms with van der Waals surface area (Å²) in [6.45, 7) is 3.65. The summed E-state index contributed by atoms with van der Waals surface area (Å²) in [6.07, 6.45) is 1.72. The minimum atomic E-state index is -3.36. The lowest BCUT2D eigenvalue weighted by molar-refractivity contribution is 0.387. The van der Waals surface area contributed by atoms with Gasteiger partial charge < -0.3 is 5.32 Å². The van der Waals surface area contributed by atoms with Crippen molar-refractivity contribution in [2.24, 2.45) is 0 Å². The molecule has 0 aliphatic carbocycles. The molecule has 0 bridgehead atoms. The van der Waals surface area contributed by atoms with Crippen molar-refractivity contribution in [3.05, 3.63) is 29.8 Å². The summed E-state index contributed by atoms with van der Waals surface area (Å²) in [5.41, 5.74) is 1.05. The number of benzene rings is 1. The summed E-state index contributed by atoms with van der Waals surface area (Å²) >= 11 is 0. The molecule has 0 amide bonds. The van der Waals surface area contributed by atoms with E-state index in [1.165, 1.54) is 4.31 Å². The number of rotatable bonds is 4. The molecular formula is C13H21ClN2O2S. The summed E-state index contributed by atoms with van der Waals surface area (Å²) in [7, 11) is -1.69. The fraction of sp³-hybridized carbons (Fsp3) is 0.538. The highest BCUT2D eigenvalue weighted by Crippen LogP contribution is 2.20. The van der Waals surface area contributed by atoms with Crippen LogP contribution in [0.3, 0.4) is 0 Å². The van der Waals surface area contributed by atoms with Crippen molar-refractivity contribution in [2.75, 3.05) is 20.1 Å². The molecule has 1 saturated heterocycles. The maximum Gasteiger partial charge on any atom is 0.243 e. The van der Waals surface area contributed by atoms with Crippen molar-refractivity contribution in [2.45, 2.75) is 30.7 Å². The molecule has 1 aromatic carbocycles. The number of hydrogen-bond donors (Lipinski definition) is 1. The van der Waals surface area contributed by atoms with Gasteiger partial charge in [-0.25, -0.2) is 8.42 Å². The van der Waals surface area contributed by atoms with E-state index in [0.717, 1.165) is 31.5 Å². The van der Waals surface area contributed by atoms with Gasteiger partial charge in [-0.2, -0.15) is 4.31 Å². The van der Waals surface area contributed by atoms with E-state index in [2.05, 4.69) is 5.32 Å². The van der Waals surface area contributed by atoms with Crippen molar-refractivity contribution >= 4 is 22.4 Å². The van der Waals surface area contributed by atoms with Gasteiger partial charge in [-0.15, -0.1) is 12.4 Å². The molecule has 1 fully saturated rings. The number of nitrogens with one attached hydrogen (secondary N) is 1. The molecule has 1 aliphatic rings. The molecule has 1 aliphatic heterocycles. The van der Waals surface area contributed by atoms with Crippen molar-refractivity contribution < 1.29 is 8.42 Å². The number of aryl methyl sites for hydroxylation is 1. The monoisotopic (exact) mass is 304 g/mol. The molecule has 19 heavy (non-hydrogen) atoms. The third-order valence-corrected chi connectivity index (χ3v) is 5.44. The molecule has 1 atom stereocenters. The van der Waals surface area contributed by atoms with Gasteiger partial charge in [0.25, 0.3) is 0 Å². The van der Waals surface area contributed by atoms with E-state index in [4.69, 9.17) is 0 Å². The van der Waals surface area contributed by atoms with Crippen LogP contribution in [0, 0.1) is 0 Å². The van der Waals surface area contributed by atoms with Gasteiger partial charge in [-0.3, -0.25) is 0 Å². The molecule has 0 spiro atoms. The third-order valence-electron chi connectivity index (χ3n) is 3.53. The minimum Gasteiger partial charge on any atom is -0.315 e. The van der Waals surface area contributed by atoms with E-state index >= 15 is 0 Å². The summed E-state index contributed by atoms with van der Waals surface area (Å²) < 4.78 is 26.5. The number of halogens is 1. The minimum absolute atomic E-state index is 0. The second-order valence-corrected chi connectivity index (χ2v) is 6.67. The predicted octanol–water partition coefficient (Wildman–Crippen LogP) is 1.65. The Kier molecular flexibility index (Phi) is 5.80. The molecule has 0 aromatic heterocycles. The van der Waals surface area contributed by atoms with Gasteiger partial charge in [0.15, 0.2) is 0 Å². The Morgan fingerprint density at radius 3 is 2.74 bits per heavy atom. The molecule has 1 N–H and O–H groups in total. The molecule has 1 heterocycles. The molecule has 1 aromatic rings. The highest BCUT2D eigenvalue weighted by atomic mass is 35.5. The fourth-order valence-electron chi connectivity index (χ4n) is 2.24. The van der Waals surface area contributed by atoms with Crippen molar-refractivity contribution in [1.82, 2.24) is 9.62 Å². The Labute approximate surface area is 121 Å². The maximum absolute atomic E-state index is 12.5. The molecule has 2 rings (SSSR count). The summed E-state index contributed by atoms with van der Waals surface area (Å²) in [4.78, 5) is 0.399. The average molecular weight is 305 g/mol. The number of sulfonamides is 1. The van der Waals surface area contributed by atoms with Gasteiger partial charge >= 0.3 is 0 Å². The lowest BCUT2D eigenvalue weighted by Gasteiger charge is -2.23. The molecule has 1 unspecified atom stereocenters. The van der Waals surface area contributed by atoms with Gasteiger partial charge in [0.1, 0.15) is 0 Å². The average Bonchev–Trinajstić information content (AvgIpc) is 2.91. The molecule has 4 nitrogen and oxygen atoms in total. The first-order chi connectivity index (χ1) is 8.55. The first kappa shape index (κ1) is 16.4. The summed E-state index contributed by atoms with van der Waals surface area (Å²) in [6, 6.07) is 7.28. The van der Waals surface area contributed by atoms with Crippen LogP contribution in [-0.4, -0.2) is 38.9 Å². The SMILES string of the molecule is CCc1cccc(S(=O)(=O)N(C)C2CCNC2)c1.Cl. The number of nitrogens with zero attached hydrogens (tertiary/aromatic N) is 1. The third kappa shape index (κ3) is 3.48. The van der Waals surface area contributed by atoms with Crippen LogP contribution in [0.4, 0.5) is 0 Å². The largest absolute Gasteiger partial charge is 0.315 e. The zero-order chi connectivity index (χ0) is 13.2. The van der Waals surface area contributed by atoms with Crippen LogP contribution in [0.15, 0.2) is 29.2 Å². The molecule has 0 saturated carbocycles. The first-order valence-corrected chi connectivity index (χ1v) is 7.77. The van der Waals surface area contributed by atoms with Gasteiger partial charge in [0.05, 0.1) is 4.90 Å². The lowest BCUT2D eigenvalue weighted by atomic mass is 10.2. The second-order valence-electron chi connectivity index (χ2n) is 4.67. The molecule has 6 heteroatoms. The van der Waals surface area contributed by atoms with Gasteiger partial charge in [-0.1, -0.05) is 19.1 Å². The quantitative estimate of drug-likeness (QED) is 0.920. The van der Waals surface area contributed by atoms with Crippen LogP contribution in [-0.2, 0) is 16.4 Å². The van der Waals surface area contributed by atoms with E-state index in [0.29, 0.717) is 4.90 Å². The molecule has 108 valence electrons. The fourth-order valence-corrected chi connectivity index (χ4v) is 3.69. The Morgan fingerprint density at radius 1 is 1.42 bits per heavy atom. The predicted molar refractivity (Wildman–Crippen MR) is 79.3 cm³/mol. The van der Waals surface area contributed by atoms with Crippen LogP contribution in [0.2, 0.25) is 0 Å². The van der Waals surface area contributed by atoms with Gasteiger partial charge in [-0.05, 0) is 37.1 Å². The maximum atomic E-state index is 12.5. The Balaban J connectivity index is 0.00000180. The standard InChI is InChI=1S/C13H20N2O2S.ClH/c1-3-11-5-4-6-13(9-11)18(16,17)15(2)12-7-8-14-10-12;/h4-6,9,12,14H,3,7-8,10H2,1-2H3;1H. The second kappa shape index (κ2) is 6.70. The van der Waals surface area contributed by atoms with Crippen LogP contribution in [0.5, 0.6) is 0 Å². The van der Waals surface area contributed by atoms with Gasteiger partial charge in [0.2, 0.25) is 10.0 Å². The van der Waals surface area contributed by atoms with Crippen molar-refractivity contribution in [1.29, 1.82) is 0 Å². The Bertz CT molecular complexity index is 513. The highest BCUT2D eigenvalue weighted by molar-refractivity contribution is 7.89. The first-order valence-electron chi connectivity index (χ1n) is 6.33. The normalized spacial score (nSPS) is 19.4. The van der Waals surface area contributed by atoms with Crippen molar-refractivity contribution in [3.8, 4) is 0 Å². The molecular weight excluding hydrogens is 284 g/mol. The van der Waals surface area contributed by atoms with E-state index in [-0.39, 0.29) is 18.4 Å². The van der Waals surface area contributed by atoms with Crippen LogP contribution in [0.25, 0.3) is 0 Å².